The third-order valence-corrected chi connectivity index (χ3v) is 43.6. The van der Waals surface area contributed by atoms with Crippen LogP contribution in [-0.2, 0) is 46.6 Å². The first-order valence-corrected chi connectivity index (χ1v) is 48.1. The van der Waals surface area contributed by atoms with Crippen LogP contribution in [0.2, 0.25) is 131 Å². The minimum absolute atomic E-state index is 0.154. The van der Waals surface area contributed by atoms with Crippen LogP contribution < -0.4 is 0 Å². The molecule has 0 aliphatic carbocycles. The zero-order valence-electron chi connectivity index (χ0n) is 38.1. The molecule has 54 heavy (non-hydrogen) atoms. The van der Waals surface area contributed by atoms with Crippen LogP contribution in [0.4, 0.5) is 0 Å². The van der Waals surface area contributed by atoms with Gasteiger partial charge in [-0.25, -0.2) is 0 Å². The second-order valence-electron chi connectivity index (χ2n) is 18.9. The summed E-state index contributed by atoms with van der Waals surface area (Å²) in [5, 5.41) is 0. The second kappa shape index (κ2) is 21.5. The molecule has 22 heteroatoms. The van der Waals surface area contributed by atoms with Crippen LogP contribution in [0.15, 0.2) is 12.7 Å². The van der Waals surface area contributed by atoms with Gasteiger partial charge in [0.2, 0.25) is 8.32 Å². The monoisotopic (exact) mass is 938 g/mol. The van der Waals surface area contributed by atoms with Gasteiger partial charge in [-0.1, -0.05) is 31.8 Å². The molecule has 0 saturated heterocycles. The van der Waals surface area contributed by atoms with Crippen LogP contribution >= 0.6 is 0 Å². The van der Waals surface area contributed by atoms with Crippen molar-refractivity contribution >= 4 is 91.3 Å². The van der Waals surface area contributed by atoms with E-state index in [-0.39, 0.29) is 5.97 Å². The van der Waals surface area contributed by atoms with Gasteiger partial charge in [-0.05, 0) is 150 Å². The number of hydrogen-bond donors (Lipinski definition) is 1. The van der Waals surface area contributed by atoms with Crippen molar-refractivity contribution in [2.24, 2.45) is 0 Å². The Morgan fingerprint density at radius 1 is 0.444 bits per heavy atom. The molecule has 0 amide bonds. The molecule has 0 aromatic rings. The number of allylic oxidation sites excluding steroid dienone is 1. The predicted molar refractivity (Wildman–Crippen MR) is 245 cm³/mol. The maximum absolute atomic E-state index is 12.5. The molecule has 0 rings (SSSR count). The summed E-state index contributed by atoms with van der Waals surface area (Å²) >= 11 is 0. The lowest BCUT2D eigenvalue weighted by molar-refractivity contribution is -0.142. The Hall–Kier alpha value is 0.979. The highest BCUT2D eigenvalue weighted by Crippen LogP contribution is 2.30. The van der Waals surface area contributed by atoms with Crippen molar-refractivity contribution in [2.45, 2.75) is 182 Å². The summed E-state index contributed by atoms with van der Waals surface area (Å²) in [6.07, 6.45) is 10.4. The average Bonchev–Trinajstić information content (AvgIpc) is 2.81. The van der Waals surface area contributed by atoms with Crippen LogP contribution in [0.5, 0.6) is 0 Å². The van der Waals surface area contributed by atoms with Crippen molar-refractivity contribution in [3.8, 4) is 0 Å². The standard InChI is InChI=1S/C32H82O12Si10/c1-22-23-24-25-26-27-28-29-30-32(33)35-31-45(2,3)36-47(6,7)38-49(10,11)40-51(14,15)42-53(18,19)44-54(20,21)43-52(16,17)41-50(12,13)39-48(8,9)37-46(4,5)34/h22,34H,1,23-31H2,2-21H3. The molecule has 0 aliphatic heterocycles. The lowest BCUT2D eigenvalue weighted by atomic mass is 10.1. The topological polar surface area (TPSA) is 130 Å². The number of hydrogen-bond acceptors (Lipinski definition) is 12. The first-order valence-electron chi connectivity index (χ1n) is 19.6. The van der Waals surface area contributed by atoms with Crippen molar-refractivity contribution in [1.29, 1.82) is 0 Å². The lowest BCUT2D eigenvalue weighted by Crippen LogP contribution is -2.62. The summed E-state index contributed by atoms with van der Waals surface area (Å²) in [6, 6.07) is 0. The van der Waals surface area contributed by atoms with E-state index in [1.807, 2.05) is 111 Å². The van der Waals surface area contributed by atoms with Gasteiger partial charge in [0.05, 0.1) is 0 Å². The zero-order valence-corrected chi connectivity index (χ0v) is 48.1. The highest BCUT2D eigenvalue weighted by Gasteiger charge is 2.50. The average molecular weight is 940 g/mol. The third-order valence-electron chi connectivity index (χ3n) is 7.08. The fourth-order valence-electron chi connectivity index (χ4n) is 7.20. The number of carbonyl (C=O) groups excluding carboxylic acids is 1. The van der Waals surface area contributed by atoms with Gasteiger partial charge < -0.3 is 46.6 Å². The Morgan fingerprint density at radius 2 is 0.722 bits per heavy atom. The molecule has 0 spiro atoms. The predicted octanol–water partition coefficient (Wildman–Crippen LogP) is 10.0. The van der Waals surface area contributed by atoms with Gasteiger partial charge in [0.1, 0.15) is 6.23 Å². The van der Waals surface area contributed by atoms with E-state index in [2.05, 4.69) is 19.7 Å². The Balaban J connectivity index is 5.21. The molecule has 322 valence electrons. The van der Waals surface area contributed by atoms with E-state index in [1.54, 1.807) is 13.1 Å². The van der Waals surface area contributed by atoms with Crippen LogP contribution in [-0.4, -0.2) is 102 Å². The Bertz CT molecular complexity index is 1160. The maximum atomic E-state index is 12.5. The van der Waals surface area contributed by atoms with Crippen LogP contribution in [0.25, 0.3) is 0 Å². The molecule has 0 saturated carbocycles. The van der Waals surface area contributed by atoms with Gasteiger partial charge in [-0.3, -0.25) is 4.79 Å². The van der Waals surface area contributed by atoms with E-state index in [4.69, 9.17) is 41.8 Å². The molecular formula is C32H82O12Si10. The molecule has 0 aliphatic rings. The van der Waals surface area contributed by atoms with E-state index in [0.29, 0.717) is 12.7 Å². The normalized spacial score (nSPS) is 14.8. The molecule has 0 aromatic heterocycles. The minimum atomic E-state index is -2.76. The Morgan fingerprint density at radius 3 is 1.04 bits per heavy atom. The fourth-order valence-corrected chi connectivity index (χ4v) is 55.6. The SMILES string of the molecule is C=CCCCCCCCCC(=O)OC[Si](C)(C)O[Si](C)(C)O[Si](C)(C)O[Si](C)(C)O[Si](C)(C)O[Si](C)(C)O[Si](C)(C)O[Si](C)(C)O[Si](C)(C)O[Si](C)(C)O. The van der Waals surface area contributed by atoms with Gasteiger partial charge in [0, 0.05) is 6.42 Å². The van der Waals surface area contributed by atoms with Crippen molar-refractivity contribution in [2.75, 3.05) is 6.23 Å². The van der Waals surface area contributed by atoms with E-state index >= 15 is 0 Å². The summed E-state index contributed by atoms with van der Waals surface area (Å²) < 4.78 is 65.1. The van der Waals surface area contributed by atoms with Crippen molar-refractivity contribution in [3.63, 3.8) is 0 Å². The number of rotatable bonds is 29. The maximum Gasteiger partial charge on any atom is 0.320 e. The molecule has 0 fully saturated rings. The molecule has 1 N–H and O–H groups in total. The second-order valence-corrected chi connectivity index (χ2v) is 55.4. The lowest BCUT2D eigenvalue weighted by Gasteiger charge is -2.44. The molecule has 0 radical (unpaired) electrons. The first kappa shape index (κ1) is 55.0. The summed E-state index contributed by atoms with van der Waals surface area (Å²) in [6.45, 7) is 43.6. The van der Waals surface area contributed by atoms with E-state index < -0.39 is 85.4 Å². The number of ether oxygens (including phenoxy) is 1. The number of unbranched alkanes of at least 4 members (excludes halogenated alkanes) is 6. The van der Waals surface area contributed by atoms with E-state index in [1.165, 1.54) is 19.3 Å². The molecule has 0 atom stereocenters. The first-order chi connectivity index (χ1) is 23.8. The highest BCUT2D eigenvalue weighted by atomic mass is 28.5. The molecule has 0 aromatic carbocycles. The van der Waals surface area contributed by atoms with E-state index in [9.17, 15) is 9.59 Å². The van der Waals surface area contributed by atoms with Gasteiger partial charge in [0.15, 0.2) is 0 Å². The van der Waals surface area contributed by atoms with Gasteiger partial charge >= 0.3 is 83.0 Å². The van der Waals surface area contributed by atoms with Crippen molar-refractivity contribution < 1.29 is 51.4 Å². The molecule has 0 bridgehead atoms. The smallest absolute Gasteiger partial charge is 0.320 e. The minimum Gasteiger partial charge on any atom is -0.466 e. The molecule has 12 nitrogen and oxygen atoms in total. The van der Waals surface area contributed by atoms with E-state index in [0.717, 1.165) is 25.7 Å². The van der Waals surface area contributed by atoms with Gasteiger partial charge in [-0.2, -0.15) is 0 Å². The highest BCUT2D eigenvalue weighted by molar-refractivity contribution is 6.93. The fraction of sp³-hybridized carbons (Fsp3) is 0.906. The molecule has 0 heterocycles. The Kier molecular flexibility index (Phi) is 21.9. The van der Waals surface area contributed by atoms with Crippen molar-refractivity contribution in [3.05, 3.63) is 12.7 Å². The number of carbonyl (C=O) groups is 1. The van der Waals surface area contributed by atoms with Crippen LogP contribution in [0.1, 0.15) is 51.4 Å². The zero-order chi connectivity index (χ0) is 42.7. The van der Waals surface area contributed by atoms with Crippen LogP contribution in [0, 0.1) is 0 Å². The van der Waals surface area contributed by atoms with Crippen molar-refractivity contribution in [1.82, 2.24) is 0 Å². The third kappa shape index (κ3) is 28.4. The largest absolute Gasteiger partial charge is 0.466 e. The number of esters is 1. The summed E-state index contributed by atoms with van der Waals surface area (Å²) in [4.78, 5) is 22.8. The molecule has 0 unspecified atom stereocenters. The molecular weight excluding hydrogens is 857 g/mol. The van der Waals surface area contributed by atoms with Gasteiger partial charge in [0.25, 0.3) is 0 Å². The van der Waals surface area contributed by atoms with Crippen LogP contribution in [0.3, 0.4) is 0 Å². The quantitative estimate of drug-likeness (QED) is 0.0332. The summed E-state index contributed by atoms with van der Waals surface area (Å²) in [5.74, 6) is -0.154. The Labute approximate surface area is 342 Å². The summed E-state index contributed by atoms with van der Waals surface area (Å²) in [5.41, 5.74) is 0. The summed E-state index contributed by atoms with van der Waals surface area (Å²) in [7, 11) is -26.8. The van der Waals surface area contributed by atoms with Gasteiger partial charge in [-0.15, -0.1) is 6.58 Å².